The number of halogens is 3. The van der Waals surface area contributed by atoms with E-state index in [2.05, 4.69) is 10.1 Å². The molecule has 0 bridgehead atoms. The first-order chi connectivity index (χ1) is 12.8. The summed E-state index contributed by atoms with van der Waals surface area (Å²) in [4.78, 5) is 24.3. The third-order valence-electron chi connectivity index (χ3n) is 3.38. The summed E-state index contributed by atoms with van der Waals surface area (Å²) in [7, 11) is 1.24. The van der Waals surface area contributed by atoms with Gasteiger partial charge in [0.15, 0.2) is 17.6 Å². The number of rotatable bonds is 7. The number of amides is 1. The van der Waals surface area contributed by atoms with Crippen molar-refractivity contribution >= 4 is 29.2 Å². The van der Waals surface area contributed by atoms with E-state index in [9.17, 15) is 18.4 Å². The summed E-state index contributed by atoms with van der Waals surface area (Å²) in [5.41, 5.74) is 0.502. The topological polar surface area (TPSA) is 73.9 Å². The van der Waals surface area contributed by atoms with Crippen LogP contribution in [0.1, 0.15) is 17.3 Å². The Morgan fingerprint density at radius 3 is 2.33 bits per heavy atom. The zero-order chi connectivity index (χ0) is 20.0. The molecule has 0 unspecified atom stereocenters. The maximum atomic E-state index is 12.3. The molecule has 6 nitrogen and oxygen atoms in total. The van der Waals surface area contributed by atoms with Gasteiger partial charge in [0.1, 0.15) is 0 Å². The highest BCUT2D eigenvalue weighted by molar-refractivity contribution is 6.30. The molecule has 0 saturated carbocycles. The number of hydrogen-bond acceptors (Lipinski definition) is 5. The Morgan fingerprint density at radius 2 is 1.74 bits per heavy atom. The zero-order valence-corrected chi connectivity index (χ0v) is 15.1. The van der Waals surface area contributed by atoms with Crippen molar-refractivity contribution in [1.29, 1.82) is 0 Å². The predicted octanol–water partition coefficient (Wildman–Crippen LogP) is 4.13. The van der Waals surface area contributed by atoms with Crippen LogP contribution in [0.2, 0.25) is 5.02 Å². The van der Waals surface area contributed by atoms with E-state index in [1.54, 1.807) is 24.3 Å². The van der Waals surface area contributed by atoms with Crippen LogP contribution < -0.4 is 14.8 Å². The molecule has 2 rings (SSSR count). The monoisotopic (exact) mass is 399 g/mol. The number of anilines is 1. The summed E-state index contributed by atoms with van der Waals surface area (Å²) in [6.45, 7) is -1.64. The van der Waals surface area contributed by atoms with Gasteiger partial charge in [0.05, 0.1) is 12.7 Å². The fourth-order valence-electron chi connectivity index (χ4n) is 2.05. The molecule has 0 aliphatic heterocycles. The third kappa shape index (κ3) is 5.82. The molecule has 9 heteroatoms. The maximum absolute atomic E-state index is 12.3. The smallest absolute Gasteiger partial charge is 0.387 e. The van der Waals surface area contributed by atoms with E-state index < -0.39 is 24.6 Å². The number of carbonyl (C=O) groups is 2. The molecule has 2 aromatic rings. The minimum absolute atomic E-state index is 0.0135. The summed E-state index contributed by atoms with van der Waals surface area (Å²) in [5, 5.41) is 3.09. The molecular weight excluding hydrogens is 384 g/mol. The van der Waals surface area contributed by atoms with Crippen molar-refractivity contribution in [3.8, 4) is 11.5 Å². The normalized spacial score (nSPS) is 11.6. The Balaban J connectivity index is 2.02. The van der Waals surface area contributed by atoms with Gasteiger partial charge < -0.3 is 19.5 Å². The minimum Gasteiger partial charge on any atom is -0.493 e. The summed E-state index contributed by atoms with van der Waals surface area (Å²) >= 11 is 5.77. The molecular formula is C18H16ClF2NO5. The largest absolute Gasteiger partial charge is 0.493 e. The fraction of sp³-hybridized carbons (Fsp3) is 0.222. The van der Waals surface area contributed by atoms with Gasteiger partial charge in [0, 0.05) is 10.7 Å². The van der Waals surface area contributed by atoms with Crippen molar-refractivity contribution in [3.05, 3.63) is 53.1 Å². The van der Waals surface area contributed by atoms with Crippen molar-refractivity contribution in [2.24, 2.45) is 0 Å². The molecule has 1 amide bonds. The molecule has 0 radical (unpaired) electrons. The number of benzene rings is 2. The lowest BCUT2D eigenvalue weighted by Crippen LogP contribution is -2.30. The molecule has 27 heavy (non-hydrogen) atoms. The standard InChI is InChI=1S/C18H16ClF2NO5/c1-10(16(23)22-13-6-4-12(19)5-7-13)26-17(24)11-3-8-14(27-18(20)21)15(9-11)25-2/h3-10,18H,1-2H3,(H,22,23)/t10-/m1/s1. The minimum atomic E-state index is -3.03. The van der Waals surface area contributed by atoms with Gasteiger partial charge in [-0.2, -0.15) is 8.78 Å². The number of esters is 1. The van der Waals surface area contributed by atoms with Gasteiger partial charge in [-0.25, -0.2) is 4.79 Å². The van der Waals surface area contributed by atoms with E-state index in [1.807, 2.05) is 0 Å². The first-order valence-electron chi connectivity index (χ1n) is 7.70. The first-order valence-corrected chi connectivity index (χ1v) is 8.08. The van der Waals surface area contributed by atoms with Crippen LogP contribution in [-0.2, 0) is 9.53 Å². The molecule has 0 aliphatic rings. The van der Waals surface area contributed by atoms with Gasteiger partial charge >= 0.3 is 12.6 Å². The van der Waals surface area contributed by atoms with Gasteiger partial charge in [-0.05, 0) is 49.4 Å². The first kappa shape index (κ1) is 20.4. The summed E-state index contributed by atoms with van der Waals surface area (Å²) in [6.07, 6.45) is -1.10. The van der Waals surface area contributed by atoms with E-state index in [1.165, 1.54) is 26.2 Å². The van der Waals surface area contributed by atoms with Crippen LogP contribution in [0.3, 0.4) is 0 Å². The van der Waals surface area contributed by atoms with Crippen LogP contribution in [0.4, 0.5) is 14.5 Å². The number of ether oxygens (including phenoxy) is 3. The van der Waals surface area contributed by atoms with E-state index in [-0.39, 0.29) is 17.1 Å². The fourth-order valence-corrected chi connectivity index (χ4v) is 2.17. The average molecular weight is 400 g/mol. The van der Waals surface area contributed by atoms with E-state index in [0.29, 0.717) is 10.7 Å². The molecule has 2 aromatic carbocycles. The number of alkyl halides is 2. The van der Waals surface area contributed by atoms with Crippen molar-refractivity contribution in [1.82, 2.24) is 0 Å². The van der Waals surface area contributed by atoms with Crippen molar-refractivity contribution in [2.45, 2.75) is 19.6 Å². The van der Waals surface area contributed by atoms with Crippen molar-refractivity contribution in [2.75, 3.05) is 12.4 Å². The maximum Gasteiger partial charge on any atom is 0.387 e. The second-order valence-corrected chi connectivity index (χ2v) is 5.72. The molecule has 1 N–H and O–H groups in total. The summed E-state index contributed by atoms with van der Waals surface area (Å²) in [6, 6.07) is 9.96. The number of carbonyl (C=O) groups excluding carboxylic acids is 2. The number of hydrogen-bond donors (Lipinski definition) is 1. The van der Waals surface area contributed by atoms with Gasteiger partial charge in [-0.15, -0.1) is 0 Å². The Morgan fingerprint density at radius 1 is 1.07 bits per heavy atom. The highest BCUT2D eigenvalue weighted by Gasteiger charge is 2.21. The van der Waals surface area contributed by atoms with Gasteiger partial charge in [0.25, 0.3) is 5.91 Å². The molecule has 0 spiro atoms. The molecule has 0 heterocycles. The molecule has 0 aromatic heterocycles. The number of nitrogens with one attached hydrogen (secondary N) is 1. The van der Waals surface area contributed by atoms with Gasteiger partial charge in [-0.1, -0.05) is 11.6 Å². The molecule has 1 atom stereocenters. The Bertz CT molecular complexity index is 814. The van der Waals surface area contributed by atoms with Crippen LogP contribution in [0.25, 0.3) is 0 Å². The Kier molecular flexibility index (Phi) is 6.95. The summed E-state index contributed by atoms with van der Waals surface area (Å²) < 4.78 is 39.0. The highest BCUT2D eigenvalue weighted by Crippen LogP contribution is 2.29. The van der Waals surface area contributed by atoms with Crippen LogP contribution in [0.15, 0.2) is 42.5 Å². The lowest BCUT2D eigenvalue weighted by atomic mass is 10.2. The SMILES string of the molecule is COc1cc(C(=O)O[C@H](C)C(=O)Nc2ccc(Cl)cc2)ccc1OC(F)F. The Hall–Kier alpha value is -2.87. The van der Waals surface area contributed by atoms with Crippen LogP contribution in [0, 0.1) is 0 Å². The summed E-state index contributed by atoms with van der Waals surface area (Å²) in [5.74, 6) is -1.66. The van der Waals surface area contributed by atoms with E-state index >= 15 is 0 Å². The Labute approximate surface area is 159 Å². The number of methoxy groups -OCH3 is 1. The molecule has 0 aliphatic carbocycles. The quantitative estimate of drug-likeness (QED) is 0.708. The van der Waals surface area contributed by atoms with E-state index in [4.69, 9.17) is 21.1 Å². The van der Waals surface area contributed by atoms with Crippen LogP contribution in [-0.4, -0.2) is 31.7 Å². The predicted molar refractivity (Wildman–Crippen MR) is 94.6 cm³/mol. The molecule has 0 saturated heterocycles. The van der Waals surface area contributed by atoms with Crippen LogP contribution >= 0.6 is 11.6 Å². The third-order valence-corrected chi connectivity index (χ3v) is 3.63. The van der Waals surface area contributed by atoms with Gasteiger partial charge in [0.2, 0.25) is 0 Å². The van der Waals surface area contributed by atoms with Gasteiger partial charge in [-0.3, -0.25) is 4.79 Å². The van der Waals surface area contributed by atoms with E-state index in [0.717, 1.165) is 6.07 Å². The van der Waals surface area contributed by atoms with Crippen molar-refractivity contribution in [3.63, 3.8) is 0 Å². The molecule has 144 valence electrons. The average Bonchev–Trinajstić information content (AvgIpc) is 2.63. The molecule has 0 fully saturated rings. The second kappa shape index (κ2) is 9.18. The van der Waals surface area contributed by atoms with Crippen LogP contribution in [0.5, 0.6) is 11.5 Å². The van der Waals surface area contributed by atoms with Crippen molar-refractivity contribution < 1.29 is 32.6 Å². The second-order valence-electron chi connectivity index (χ2n) is 5.29. The lowest BCUT2D eigenvalue weighted by Gasteiger charge is -2.15. The highest BCUT2D eigenvalue weighted by atomic mass is 35.5. The lowest BCUT2D eigenvalue weighted by molar-refractivity contribution is -0.123. The zero-order valence-electron chi connectivity index (χ0n) is 14.4.